The molecule has 8 rings (SSSR count). The van der Waals surface area contributed by atoms with Crippen LogP contribution >= 0.6 is 11.6 Å². The van der Waals surface area contributed by atoms with Gasteiger partial charge in [0, 0.05) is 34.2 Å². The predicted molar refractivity (Wildman–Crippen MR) is 127 cm³/mol. The molecule has 2 heterocycles. The van der Waals surface area contributed by atoms with Crippen molar-refractivity contribution in [2.75, 3.05) is 0 Å². The first-order chi connectivity index (χ1) is 16.1. The van der Waals surface area contributed by atoms with E-state index in [-0.39, 0.29) is 35.5 Å². The van der Waals surface area contributed by atoms with E-state index in [0.29, 0.717) is 23.4 Å². The van der Waals surface area contributed by atoms with Gasteiger partial charge in [-0.15, -0.1) is 0 Å². The van der Waals surface area contributed by atoms with Crippen LogP contribution in [0.1, 0.15) is 17.5 Å². The Morgan fingerprint density at radius 2 is 1.61 bits per heavy atom. The molecule has 5 nitrogen and oxygen atoms in total. The van der Waals surface area contributed by atoms with Crippen LogP contribution in [0.3, 0.4) is 0 Å². The van der Waals surface area contributed by atoms with E-state index in [1.54, 1.807) is 6.21 Å². The second-order valence-corrected chi connectivity index (χ2v) is 10.2. The molecule has 1 saturated heterocycles. The SMILES string of the molecule is O=C1[C@@H]2[C@H]3C=C[C@@H]([C@@H]4C[C@@H]34)[C@H]2C(=O)N1/N=C\c1cn(Cc2ccc(Cl)cc2)c2ccccc12. The van der Waals surface area contributed by atoms with Crippen LogP contribution in [0.2, 0.25) is 5.02 Å². The number of aromatic nitrogens is 1. The molecular weight excluding hydrogens is 434 g/mol. The molecule has 5 aliphatic rings. The molecule has 3 fully saturated rings. The maximum Gasteiger partial charge on any atom is 0.254 e. The molecule has 1 aliphatic heterocycles. The van der Waals surface area contributed by atoms with Gasteiger partial charge in [-0.1, -0.05) is 54.1 Å². The van der Waals surface area contributed by atoms with Gasteiger partial charge in [0.1, 0.15) is 0 Å². The number of benzene rings is 2. The normalized spacial score (nSPS) is 31.6. The zero-order chi connectivity index (χ0) is 22.3. The maximum atomic E-state index is 13.2. The van der Waals surface area contributed by atoms with Crippen molar-refractivity contribution in [3.05, 3.63) is 83.0 Å². The number of hydrazone groups is 1. The fourth-order valence-corrected chi connectivity index (χ4v) is 6.60. The summed E-state index contributed by atoms with van der Waals surface area (Å²) in [6, 6.07) is 15.9. The van der Waals surface area contributed by atoms with Gasteiger partial charge in [-0.05, 0) is 53.9 Å². The molecule has 3 aromatic rings. The molecule has 6 atom stereocenters. The molecule has 2 amide bonds. The van der Waals surface area contributed by atoms with Crippen LogP contribution in [0.15, 0.2) is 72.0 Å². The smallest absolute Gasteiger partial charge is 0.254 e. The lowest BCUT2D eigenvalue weighted by atomic mass is 9.63. The molecule has 164 valence electrons. The van der Waals surface area contributed by atoms with Crippen LogP contribution < -0.4 is 0 Å². The van der Waals surface area contributed by atoms with Crippen LogP contribution in [0.5, 0.6) is 0 Å². The first-order valence-electron chi connectivity index (χ1n) is 11.5. The van der Waals surface area contributed by atoms with Gasteiger partial charge in [0.15, 0.2) is 0 Å². The van der Waals surface area contributed by atoms with Crippen LogP contribution in [0.25, 0.3) is 10.9 Å². The molecule has 1 aromatic heterocycles. The summed E-state index contributed by atoms with van der Waals surface area (Å²) in [5, 5.41) is 7.35. The monoisotopic (exact) mass is 455 g/mol. The number of allylic oxidation sites excluding steroid dienone is 2. The Morgan fingerprint density at radius 1 is 0.939 bits per heavy atom. The lowest BCUT2D eigenvalue weighted by Crippen LogP contribution is -2.40. The topological polar surface area (TPSA) is 54.7 Å². The first kappa shape index (κ1) is 19.3. The van der Waals surface area contributed by atoms with Gasteiger partial charge < -0.3 is 4.57 Å². The van der Waals surface area contributed by atoms with E-state index in [2.05, 4.69) is 27.9 Å². The molecule has 2 aromatic carbocycles. The minimum atomic E-state index is -0.223. The largest absolute Gasteiger partial charge is 0.342 e. The summed E-state index contributed by atoms with van der Waals surface area (Å²) in [6.07, 6.45) is 9.23. The van der Waals surface area contributed by atoms with E-state index in [0.717, 1.165) is 33.5 Å². The number of nitrogens with zero attached hydrogens (tertiary/aromatic N) is 3. The lowest BCUT2D eigenvalue weighted by Gasteiger charge is -2.37. The number of para-hydroxylation sites is 1. The Bertz CT molecular complexity index is 1340. The molecular formula is C27H22ClN3O2. The minimum Gasteiger partial charge on any atom is -0.342 e. The molecule has 6 heteroatoms. The Balaban J connectivity index is 1.20. The van der Waals surface area contributed by atoms with Crippen LogP contribution in [-0.4, -0.2) is 27.6 Å². The fraction of sp³-hybridized carbons (Fsp3) is 0.296. The van der Waals surface area contributed by atoms with E-state index < -0.39 is 0 Å². The van der Waals surface area contributed by atoms with Crippen molar-refractivity contribution in [1.82, 2.24) is 9.58 Å². The van der Waals surface area contributed by atoms with E-state index in [1.807, 2.05) is 48.7 Å². The highest BCUT2D eigenvalue weighted by Crippen LogP contribution is 2.65. The standard InChI is InChI=1S/C27H22ClN3O2/c28-17-7-5-15(6-8-17)13-30-14-16(18-3-1-2-4-23(18)30)12-29-31-26(32)24-19-9-10-20(22-11-21(19)22)25(24)27(31)33/h1-10,12,14,19-22,24-25H,11,13H2/b29-12-/t19-,20-,21-,22-,24+,25+/m0/s1. The summed E-state index contributed by atoms with van der Waals surface area (Å²) in [4.78, 5) is 26.4. The van der Waals surface area contributed by atoms with Crippen molar-refractivity contribution in [2.24, 2.45) is 40.6 Å². The summed E-state index contributed by atoms with van der Waals surface area (Å²) < 4.78 is 2.16. The second kappa shape index (κ2) is 6.91. The van der Waals surface area contributed by atoms with Gasteiger partial charge in [-0.3, -0.25) is 9.59 Å². The summed E-state index contributed by atoms with van der Waals surface area (Å²) in [6.45, 7) is 0.690. The third-order valence-electron chi connectivity index (χ3n) is 8.04. The summed E-state index contributed by atoms with van der Waals surface area (Å²) in [5.74, 6) is 0.900. The van der Waals surface area contributed by atoms with Crippen LogP contribution in [0.4, 0.5) is 0 Å². The summed E-state index contributed by atoms with van der Waals surface area (Å²) >= 11 is 6.03. The molecule has 2 saturated carbocycles. The van der Waals surface area contributed by atoms with Gasteiger partial charge >= 0.3 is 0 Å². The highest BCUT2D eigenvalue weighted by atomic mass is 35.5. The van der Waals surface area contributed by atoms with E-state index in [4.69, 9.17) is 11.6 Å². The minimum absolute atomic E-state index is 0.129. The molecule has 0 unspecified atom stereocenters. The van der Waals surface area contributed by atoms with Crippen molar-refractivity contribution in [1.29, 1.82) is 0 Å². The van der Waals surface area contributed by atoms with E-state index in [1.165, 1.54) is 0 Å². The van der Waals surface area contributed by atoms with E-state index >= 15 is 0 Å². The van der Waals surface area contributed by atoms with Crippen LogP contribution in [0, 0.1) is 35.5 Å². The molecule has 33 heavy (non-hydrogen) atoms. The number of amides is 2. The highest BCUT2D eigenvalue weighted by molar-refractivity contribution is 6.30. The van der Waals surface area contributed by atoms with Crippen molar-refractivity contribution in [3.63, 3.8) is 0 Å². The quantitative estimate of drug-likeness (QED) is 0.324. The first-order valence-corrected chi connectivity index (χ1v) is 11.9. The third kappa shape index (κ3) is 2.81. The van der Waals surface area contributed by atoms with Gasteiger partial charge in [0.25, 0.3) is 11.8 Å². The Labute approximate surface area is 196 Å². The van der Waals surface area contributed by atoms with E-state index in [9.17, 15) is 9.59 Å². The van der Waals surface area contributed by atoms with Crippen molar-refractivity contribution in [3.8, 4) is 0 Å². The second-order valence-electron chi connectivity index (χ2n) is 9.74. The number of imide groups is 1. The Morgan fingerprint density at radius 3 is 2.30 bits per heavy atom. The summed E-state index contributed by atoms with van der Waals surface area (Å²) in [5.41, 5.74) is 3.10. The average Bonchev–Trinajstić information content (AvgIpc) is 3.54. The Hall–Kier alpha value is -3.18. The van der Waals surface area contributed by atoms with Crippen molar-refractivity contribution in [2.45, 2.75) is 13.0 Å². The number of fused-ring (bicyclic) bond motifs is 1. The number of carbonyl (C=O) groups is 2. The maximum absolute atomic E-state index is 13.2. The number of hydrogen-bond acceptors (Lipinski definition) is 3. The summed E-state index contributed by atoms with van der Waals surface area (Å²) in [7, 11) is 0. The average molecular weight is 456 g/mol. The lowest BCUT2D eigenvalue weighted by molar-refractivity contribution is -0.140. The number of carbonyl (C=O) groups excluding carboxylic acids is 2. The zero-order valence-corrected chi connectivity index (χ0v) is 18.6. The van der Waals surface area contributed by atoms with Crippen LogP contribution in [-0.2, 0) is 16.1 Å². The Kier molecular flexibility index (Phi) is 4.04. The van der Waals surface area contributed by atoms with Gasteiger partial charge in [0.05, 0.1) is 18.1 Å². The van der Waals surface area contributed by atoms with Crippen molar-refractivity contribution < 1.29 is 9.59 Å². The predicted octanol–water partition coefficient (Wildman–Crippen LogP) is 4.73. The number of halogens is 1. The molecule has 0 N–H and O–H groups in total. The molecule has 4 aliphatic carbocycles. The number of rotatable bonds is 4. The van der Waals surface area contributed by atoms with Crippen molar-refractivity contribution >= 4 is 40.5 Å². The molecule has 2 bridgehead atoms. The highest BCUT2D eigenvalue weighted by Gasteiger charge is 2.67. The zero-order valence-electron chi connectivity index (χ0n) is 17.8. The molecule has 0 spiro atoms. The van der Waals surface area contributed by atoms with Gasteiger partial charge in [-0.2, -0.15) is 10.1 Å². The van der Waals surface area contributed by atoms with Gasteiger partial charge in [0.2, 0.25) is 0 Å². The molecule has 0 radical (unpaired) electrons. The third-order valence-corrected chi connectivity index (χ3v) is 8.29. The number of hydrogen-bond donors (Lipinski definition) is 0. The fourth-order valence-electron chi connectivity index (χ4n) is 6.47. The van der Waals surface area contributed by atoms with Gasteiger partial charge in [-0.25, -0.2) is 0 Å².